The number of carbonyl (C=O) groups excluding carboxylic acids is 1. The standard InChI is InChI=1S/C23H28N2O3/c1-4-27-22-11-18-10-15(2)28-23(18)12-19(22)14-25-9-8-20-17(13-25)6-5-7-21(20)24-16(3)26/h5-7,11-12,15H,4,8-10,13-14H2,1-3H3,(H,24,26). The molecule has 5 nitrogen and oxygen atoms in total. The molecule has 148 valence electrons. The third-order valence-corrected chi connectivity index (χ3v) is 5.43. The van der Waals surface area contributed by atoms with Crippen molar-refractivity contribution < 1.29 is 14.3 Å². The van der Waals surface area contributed by atoms with E-state index in [0.717, 1.165) is 49.7 Å². The molecule has 28 heavy (non-hydrogen) atoms. The van der Waals surface area contributed by atoms with Gasteiger partial charge in [-0.15, -0.1) is 0 Å². The van der Waals surface area contributed by atoms with Gasteiger partial charge in [0.05, 0.1) is 6.61 Å². The van der Waals surface area contributed by atoms with Crippen molar-refractivity contribution in [2.75, 3.05) is 18.5 Å². The maximum Gasteiger partial charge on any atom is 0.221 e. The molecule has 2 heterocycles. The number of hydrogen-bond acceptors (Lipinski definition) is 4. The highest BCUT2D eigenvalue weighted by atomic mass is 16.5. The Balaban J connectivity index is 1.55. The summed E-state index contributed by atoms with van der Waals surface area (Å²) >= 11 is 0. The van der Waals surface area contributed by atoms with Crippen molar-refractivity contribution in [3.05, 3.63) is 52.6 Å². The molecule has 0 saturated heterocycles. The fraction of sp³-hybridized carbons (Fsp3) is 0.435. The molecular formula is C23H28N2O3. The predicted molar refractivity (Wildman–Crippen MR) is 110 cm³/mol. The van der Waals surface area contributed by atoms with Gasteiger partial charge in [-0.3, -0.25) is 9.69 Å². The van der Waals surface area contributed by atoms with Crippen molar-refractivity contribution in [3.63, 3.8) is 0 Å². The Morgan fingerprint density at radius 3 is 2.96 bits per heavy atom. The number of rotatable bonds is 5. The summed E-state index contributed by atoms with van der Waals surface area (Å²) in [6, 6.07) is 10.5. The van der Waals surface area contributed by atoms with Crippen LogP contribution in [-0.2, 0) is 30.7 Å². The molecule has 1 N–H and O–H groups in total. The van der Waals surface area contributed by atoms with E-state index < -0.39 is 0 Å². The van der Waals surface area contributed by atoms with Crippen LogP contribution in [0.2, 0.25) is 0 Å². The maximum absolute atomic E-state index is 11.5. The summed E-state index contributed by atoms with van der Waals surface area (Å²) in [5, 5.41) is 2.96. The van der Waals surface area contributed by atoms with Crippen LogP contribution in [0.15, 0.2) is 30.3 Å². The predicted octanol–water partition coefficient (Wildman–Crippen LogP) is 3.93. The van der Waals surface area contributed by atoms with Gasteiger partial charge < -0.3 is 14.8 Å². The summed E-state index contributed by atoms with van der Waals surface area (Å²) in [4.78, 5) is 13.9. The van der Waals surface area contributed by atoms with Crippen LogP contribution in [0.4, 0.5) is 5.69 Å². The molecule has 5 heteroatoms. The summed E-state index contributed by atoms with van der Waals surface area (Å²) in [5.41, 5.74) is 5.89. The van der Waals surface area contributed by atoms with E-state index >= 15 is 0 Å². The number of amides is 1. The average molecular weight is 380 g/mol. The minimum Gasteiger partial charge on any atom is -0.494 e. The first-order chi connectivity index (χ1) is 13.5. The Morgan fingerprint density at radius 2 is 2.18 bits per heavy atom. The molecule has 0 radical (unpaired) electrons. The van der Waals surface area contributed by atoms with Gasteiger partial charge in [-0.1, -0.05) is 12.1 Å². The second kappa shape index (κ2) is 7.84. The van der Waals surface area contributed by atoms with Crippen LogP contribution in [0.5, 0.6) is 11.5 Å². The van der Waals surface area contributed by atoms with Crippen molar-refractivity contribution in [3.8, 4) is 11.5 Å². The molecule has 0 spiro atoms. The number of nitrogens with zero attached hydrogens (tertiary/aromatic N) is 1. The minimum absolute atomic E-state index is 0.0236. The molecular weight excluding hydrogens is 352 g/mol. The Bertz CT molecular complexity index is 894. The van der Waals surface area contributed by atoms with Crippen molar-refractivity contribution in [1.82, 2.24) is 4.90 Å². The molecule has 2 aliphatic heterocycles. The Kier molecular flexibility index (Phi) is 5.27. The first-order valence-electron chi connectivity index (χ1n) is 10.1. The first kappa shape index (κ1) is 18.8. The third kappa shape index (κ3) is 3.85. The van der Waals surface area contributed by atoms with E-state index in [-0.39, 0.29) is 12.0 Å². The SMILES string of the molecule is CCOc1cc2c(cc1CN1CCc3c(cccc3NC(C)=O)C1)OC(C)C2. The fourth-order valence-electron chi connectivity index (χ4n) is 4.25. The van der Waals surface area contributed by atoms with Gasteiger partial charge in [0.15, 0.2) is 0 Å². The molecule has 4 rings (SSSR count). The first-order valence-corrected chi connectivity index (χ1v) is 10.1. The van der Waals surface area contributed by atoms with Gasteiger partial charge in [0.1, 0.15) is 17.6 Å². The molecule has 2 aliphatic rings. The van der Waals surface area contributed by atoms with E-state index in [0.29, 0.717) is 6.61 Å². The lowest BCUT2D eigenvalue weighted by Gasteiger charge is -2.30. The number of benzene rings is 2. The average Bonchev–Trinajstić information content (AvgIpc) is 3.00. The number of carbonyl (C=O) groups is 1. The van der Waals surface area contributed by atoms with Crippen LogP contribution in [0.3, 0.4) is 0 Å². The molecule has 2 aromatic rings. The van der Waals surface area contributed by atoms with Crippen LogP contribution >= 0.6 is 0 Å². The normalized spacial score (nSPS) is 18.2. The van der Waals surface area contributed by atoms with Crippen LogP contribution in [0.1, 0.15) is 43.0 Å². The van der Waals surface area contributed by atoms with Crippen LogP contribution < -0.4 is 14.8 Å². The van der Waals surface area contributed by atoms with Crippen LogP contribution in [0, 0.1) is 0 Å². The van der Waals surface area contributed by atoms with E-state index in [1.807, 2.05) is 19.1 Å². The zero-order chi connectivity index (χ0) is 19.7. The van der Waals surface area contributed by atoms with Crippen molar-refractivity contribution >= 4 is 11.6 Å². The van der Waals surface area contributed by atoms with Crippen molar-refractivity contribution in [2.45, 2.75) is 52.8 Å². The van der Waals surface area contributed by atoms with Gasteiger partial charge in [-0.25, -0.2) is 0 Å². The number of hydrogen-bond donors (Lipinski definition) is 1. The molecule has 1 amide bonds. The topological polar surface area (TPSA) is 50.8 Å². The minimum atomic E-state index is -0.0236. The van der Waals surface area contributed by atoms with Gasteiger partial charge in [0, 0.05) is 49.8 Å². The Hall–Kier alpha value is -2.53. The molecule has 0 saturated carbocycles. The van der Waals surface area contributed by atoms with Gasteiger partial charge >= 0.3 is 0 Å². The largest absolute Gasteiger partial charge is 0.494 e. The maximum atomic E-state index is 11.5. The number of nitrogens with one attached hydrogen (secondary N) is 1. The lowest BCUT2D eigenvalue weighted by atomic mass is 9.97. The van der Waals surface area contributed by atoms with Gasteiger partial charge in [-0.2, -0.15) is 0 Å². The van der Waals surface area contributed by atoms with E-state index in [1.165, 1.54) is 22.3 Å². The highest BCUT2D eigenvalue weighted by molar-refractivity contribution is 5.89. The fourth-order valence-corrected chi connectivity index (χ4v) is 4.25. The highest BCUT2D eigenvalue weighted by Gasteiger charge is 2.24. The van der Waals surface area contributed by atoms with Gasteiger partial charge in [0.2, 0.25) is 5.91 Å². The molecule has 2 aromatic carbocycles. The van der Waals surface area contributed by atoms with Crippen molar-refractivity contribution in [2.24, 2.45) is 0 Å². The highest BCUT2D eigenvalue weighted by Crippen LogP contribution is 2.36. The second-order valence-electron chi connectivity index (χ2n) is 7.72. The molecule has 0 aromatic heterocycles. The zero-order valence-electron chi connectivity index (χ0n) is 16.9. The summed E-state index contributed by atoms with van der Waals surface area (Å²) < 4.78 is 11.9. The number of ether oxygens (including phenoxy) is 2. The summed E-state index contributed by atoms with van der Waals surface area (Å²) in [6.45, 7) is 8.98. The summed E-state index contributed by atoms with van der Waals surface area (Å²) in [6.07, 6.45) is 2.10. The Morgan fingerprint density at radius 1 is 1.32 bits per heavy atom. The van der Waals surface area contributed by atoms with E-state index in [9.17, 15) is 4.79 Å². The smallest absolute Gasteiger partial charge is 0.221 e. The molecule has 0 fully saturated rings. The van der Waals surface area contributed by atoms with Gasteiger partial charge in [-0.05, 0) is 49.6 Å². The Labute approximate surface area is 166 Å². The lowest BCUT2D eigenvalue weighted by Crippen LogP contribution is -2.31. The van der Waals surface area contributed by atoms with Crippen LogP contribution in [-0.4, -0.2) is 30.1 Å². The zero-order valence-corrected chi connectivity index (χ0v) is 16.9. The summed E-state index contributed by atoms with van der Waals surface area (Å²) in [7, 11) is 0. The second-order valence-corrected chi connectivity index (χ2v) is 7.72. The quantitative estimate of drug-likeness (QED) is 0.854. The van der Waals surface area contributed by atoms with E-state index in [1.54, 1.807) is 6.92 Å². The molecule has 1 unspecified atom stereocenters. The van der Waals surface area contributed by atoms with E-state index in [4.69, 9.17) is 9.47 Å². The summed E-state index contributed by atoms with van der Waals surface area (Å²) in [5.74, 6) is 1.94. The number of fused-ring (bicyclic) bond motifs is 2. The van der Waals surface area contributed by atoms with Crippen LogP contribution in [0.25, 0.3) is 0 Å². The molecule has 1 atom stereocenters. The van der Waals surface area contributed by atoms with E-state index in [2.05, 4.69) is 35.3 Å². The lowest BCUT2D eigenvalue weighted by molar-refractivity contribution is -0.114. The third-order valence-electron chi connectivity index (χ3n) is 5.43. The number of anilines is 1. The molecule has 0 bridgehead atoms. The molecule has 0 aliphatic carbocycles. The van der Waals surface area contributed by atoms with Gasteiger partial charge in [0.25, 0.3) is 0 Å². The van der Waals surface area contributed by atoms with Crippen molar-refractivity contribution in [1.29, 1.82) is 0 Å². The monoisotopic (exact) mass is 380 g/mol.